The van der Waals surface area contributed by atoms with Gasteiger partial charge in [-0.2, -0.15) is 0 Å². The van der Waals surface area contributed by atoms with Crippen LogP contribution in [0.3, 0.4) is 0 Å². The number of carbonyl (C=O) groups is 6. The third kappa shape index (κ3) is 9.83. The van der Waals surface area contributed by atoms with E-state index in [9.17, 15) is 28.8 Å². The third-order valence-corrected chi connectivity index (χ3v) is 9.24. The zero-order valence-electron chi connectivity index (χ0n) is 33.6. The summed E-state index contributed by atoms with van der Waals surface area (Å²) < 4.78 is 65.6. The molecule has 0 amide bonds. The van der Waals surface area contributed by atoms with E-state index in [0.29, 0.717) is 0 Å². The van der Waals surface area contributed by atoms with Crippen molar-refractivity contribution in [2.75, 3.05) is 41.7 Å². The second kappa shape index (κ2) is 19.6. The van der Waals surface area contributed by atoms with Gasteiger partial charge in [-0.3, -0.25) is 0 Å². The molecule has 0 spiro atoms. The SMILES string of the molecule is C=CC(=O)Oc1ccc(C(=O)Oc2ccc(C(=O)O[C@@H]3CO[C@H]4[C@@H]3OC[C@H]4OC(=O)c3ccc(OC(=O)c4ccc(OC(=O)C=C)c(OC)c4)cc3OC)c(OC)c2)c(OC)c1. The highest BCUT2D eigenvalue weighted by Crippen LogP contribution is 2.35. The third-order valence-electron chi connectivity index (χ3n) is 9.24. The average Bonchev–Trinajstić information content (AvgIpc) is 3.88. The Balaban J connectivity index is 1.05. The first-order chi connectivity index (χ1) is 29.9. The Labute approximate surface area is 353 Å². The summed E-state index contributed by atoms with van der Waals surface area (Å²) in [6.07, 6.45) is -1.37. The Morgan fingerprint density at radius 1 is 0.484 bits per heavy atom. The minimum absolute atomic E-state index is 0.00749. The number of benzene rings is 4. The molecular weight excluding hydrogens is 816 g/mol. The first-order valence-electron chi connectivity index (χ1n) is 18.4. The fraction of sp³-hybridized carbons (Fsp3) is 0.227. The van der Waals surface area contributed by atoms with Crippen LogP contribution in [-0.2, 0) is 28.5 Å². The van der Waals surface area contributed by atoms with Crippen LogP contribution in [0.15, 0.2) is 98.1 Å². The molecule has 2 saturated heterocycles. The number of carbonyl (C=O) groups excluding carboxylic acids is 6. The van der Waals surface area contributed by atoms with Crippen LogP contribution in [-0.4, -0.2) is 102 Å². The molecule has 62 heavy (non-hydrogen) atoms. The van der Waals surface area contributed by atoms with E-state index in [-0.39, 0.29) is 81.5 Å². The van der Waals surface area contributed by atoms with Crippen molar-refractivity contribution >= 4 is 35.8 Å². The average molecular weight is 855 g/mol. The minimum Gasteiger partial charge on any atom is -0.496 e. The number of esters is 6. The van der Waals surface area contributed by atoms with E-state index in [4.69, 9.17) is 56.8 Å². The molecule has 0 aliphatic carbocycles. The molecule has 4 aromatic carbocycles. The highest BCUT2D eigenvalue weighted by Gasteiger charge is 2.51. The first-order valence-corrected chi connectivity index (χ1v) is 18.4. The van der Waals surface area contributed by atoms with Gasteiger partial charge < -0.3 is 56.8 Å². The maximum Gasteiger partial charge on any atom is 0.347 e. The molecule has 0 saturated carbocycles. The lowest BCUT2D eigenvalue weighted by atomic mass is 10.1. The van der Waals surface area contributed by atoms with E-state index in [1.807, 2.05) is 0 Å². The van der Waals surface area contributed by atoms with Crippen LogP contribution in [0.5, 0.6) is 46.0 Å². The maximum atomic E-state index is 13.4. The summed E-state index contributed by atoms with van der Waals surface area (Å²) in [5, 5.41) is 0. The Kier molecular flexibility index (Phi) is 13.9. The summed E-state index contributed by atoms with van der Waals surface area (Å²) in [4.78, 5) is 75.9. The molecule has 2 aliphatic heterocycles. The smallest absolute Gasteiger partial charge is 0.347 e. The monoisotopic (exact) mass is 854 g/mol. The lowest BCUT2D eigenvalue weighted by Crippen LogP contribution is -2.36. The topological polar surface area (TPSA) is 213 Å². The summed E-state index contributed by atoms with van der Waals surface area (Å²) in [5.41, 5.74) is 0.121. The van der Waals surface area contributed by atoms with Crippen molar-refractivity contribution in [1.29, 1.82) is 0 Å². The molecular formula is C44H38O18. The Bertz CT molecular complexity index is 2420. The zero-order chi connectivity index (χ0) is 44.5. The van der Waals surface area contributed by atoms with Gasteiger partial charge >= 0.3 is 35.8 Å². The van der Waals surface area contributed by atoms with Gasteiger partial charge in [-0.25, -0.2) is 28.8 Å². The highest BCUT2D eigenvalue weighted by atomic mass is 16.7. The first kappa shape index (κ1) is 43.9. The lowest BCUT2D eigenvalue weighted by molar-refractivity contribution is -0.129. The van der Waals surface area contributed by atoms with Crippen LogP contribution in [0, 0.1) is 0 Å². The van der Waals surface area contributed by atoms with E-state index in [1.54, 1.807) is 0 Å². The van der Waals surface area contributed by atoms with Crippen LogP contribution in [0.1, 0.15) is 41.4 Å². The normalized spacial score (nSPS) is 17.3. The predicted octanol–water partition coefficient (Wildman–Crippen LogP) is 4.89. The van der Waals surface area contributed by atoms with Crippen molar-refractivity contribution in [2.45, 2.75) is 24.4 Å². The highest BCUT2D eigenvalue weighted by molar-refractivity contribution is 5.96. The van der Waals surface area contributed by atoms with Crippen molar-refractivity contribution in [3.05, 3.63) is 120 Å². The van der Waals surface area contributed by atoms with Crippen molar-refractivity contribution in [3.63, 3.8) is 0 Å². The minimum atomic E-state index is -0.888. The molecule has 2 fully saturated rings. The molecule has 0 bridgehead atoms. The van der Waals surface area contributed by atoms with Gasteiger partial charge in [-0.1, -0.05) is 13.2 Å². The second-order valence-corrected chi connectivity index (χ2v) is 13.0. The Hall–Kier alpha value is -7.70. The quantitative estimate of drug-likeness (QED) is 0.0833. The van der Waals surface area contributed by atoms with E-state index in [1.165, 1.54) is 101 Å². The number of hydrogen-bond acceptors (Lipinski definition) is 18. The fourth-order valence-corrected chi connectivity index (χ4v) is 6.26. The zero-order valence-corrected chi connectivity index (χ0v) is 33.6. The van der Waals surface area contributed by atoms with Crippen LogP contribution in [0.2, 0.25) is 0 Å². The standard InChI is InChI=1S/C44H38O18/c1-7-37(45)57-24-10-13-27(31(18-24)51-3)42(48)59-26-12-15-29(33(20-26)53-5)44(50)62-36-22-56-39-35(21-55-40(36)39)61-43(49)28-14-11-25(19-32(28)52-4)58-41(47)23-9-16-30(34(17-23)54-6)60-38(46)8-2/h7-20,35-36,39-40H,1-2,21-22H2,3-6H3/t35-,36-,39-,40-/m1/s1. The number of methoxy groups -OCH3 is 4. The van der Waals surface area contributed by atoms with Crippen LogP contribution < -0.4 is 37.9 Å². The molecule has 0 unspecified atom stereocenters. The fourth-order valence-electron chi connectivity index (χ4n) is 6.26. The molecule has 4 atom stereocenters. The predicted molar refractivity (Wildman–Crippen MR) is 211 cm³/mol. The molecule has 18 nitrogen and oxygen atoms in total. The van der Waals surface area contributed by atoms with Crippen LogP contribution in [0.4, 0.5) is 0 Å². The Morgan fingerprint density at radius 2 is 0.903 bits per heavy atom. The summed E-state index contributed by atoms with van der Waals surface area (Å²) in [6, 6.07) is 16.2. The second-order valence-electron chi connectivity index (χ2n) is 13.0. The summed E-state index contributed by atoms with van der Waals surface area (Å²) >= 11 is 0. The number of hydrogen-bond donors (Lipinski definition) is 0. The van der Waals surface area contributed by atoms with E-state index >= 15 is 0 Å². The number of fused-ring (bicyclic) bond motifs is 1. The van der Waals surface area contributed by atoms with Gasteiger partial charge in [0, 0.05) is 30.4 Å². The largest absolute Gasteiger partial charge is 0.496 e. The molecule has 2 heterocycles. The van der Waals surface area contributed by atoms with Gasteiger partial charge in [0.15, 0.2) is 23.7 Å². The summed E-state index contributed by atoms with van der Waals surface area (Å²) in [5.74, 6) is -4.05. The van der Waals surface area contributed by atoms with E-state index in [2.05, 4.69) is 13.2 Å². The molecule has 2 aliphatic rings. The summed E-state index contributed by atoms with van der Waals surface area (Å²) in [7, 11) is 5.30. The van der Waals surface area contributed by atoms with Gasteiger partial charge in [0.1, 0.15) is 63.4 Å². The number of ether oxygens (including phenoxy) is 12. The molecule has 0 aromatic heterocycles. The van der Waals surface area contributed by atoms with Crippen molar-refractivity contribution in [2.24, 2.45) is 0 Å². The molecule has 4 aromatic rings. The molecule has 0 radical (unpaired) electrons. The van der Waals surface area contributed by atoms with Gasteiger partial charge in [0.05, 0.1) is 47.2 Å². The molecule has 0 N–H and O–H groups in total. The van der Waals surface area contributed by atoms with Crippen LogP contribution in [0.25, 0.3) is 0 Å². The van der Waals surface area contributed by atoms with Crippen molar-refractivity contribution in [3.8, 4) is 46.0 Å². The van der Waals surface area contributed by atoms with Gasteiger partial charge in [-0.15, -0.1) is 0 Å². The summed E-state index contributed by atoms with van der Waals surface area (Å²) in [6.45, 7) is 6.54. The maximum absolute atomic E-state index is 13.4. The van der Waals surface area contributed by atoms with E-state index < -0.39 is 60.2 Å². The van der Waals surface area contributed by atoms with Gasteiger partial charge in [-0.05, 0) is 54.6 Å². The number of rotatable bonds is 16. The van der Waals surface area contributed by atoms with Crippen molar-refractivity contribution in [1.82, 2.24) is 0 Å². The van der Waals surface area contributed by atoms with Crippen LogP contribution >= 0.6 is 0 Å². The van der Waals surface area contributed by atoms with Gasteiger partial charge in [0.25, 0.3) is 0 Å². The van der Waals surface area contributed by atoms with Crippen molar-refractivity contribution < 1.29 is 85.6 Å². The Morgan fingerprint density at radius 3 is 1.35 bits per heavy atom. The molecule has 322 valence electrons. The lowest BCUT2D eigenvalue weighted by Gasteiger charge is -2.18. The molecule has 18 heteroatoms. The molecule has 6 rings (SSSR count). The van der Waals surface area contributed by atoms with Gasteiger partial charge in [0.2, 0.25) is 0 Å². The van der Waals surface area contributed by atoms with E-state index in [0.717, 1.165) is 12.2 Å².